The Bertz CT molecular complexity index is 550. The Morgan fingerprint density at radius 1 is 1.33 bits per heavy atom. The molecule has 0 aliphatic rings. The van der Waals surface area contributed by atoms with Crippen LogP contribution in [-0.2, 0) is 13.0 Å². The molecule has 2 rings (SSSR count). The topological polar surface area (TPSA) is 29.9 Å². The molecule has 1 aromatic carbocycles. The quantitative estimate of drug-likeness (QED) is 0.757. The molecule has 0 saturated heterocycles. The van der Waals surface area contributed by atoms with Crippen LogP contribution in [0.5, 0.6) is 0 Å². The number of nitrogens with one attached hydrogen (secondary N) is 1. The molecule has 0 aliphatic carbocycles. The molecule has 21 heavy (non-hydrogen) atoms. The second-order valence-corrected chi connectivity index (χ2v) is 6.36. The normalized spacial score (nSPS) is 12.5. The third-order valence-electron chi connectivity index (χ3n) is 3.64. The maximum absolute atomic E-state index is 4.51. The predicted molar refractivity (Wildman–Crippen MR) is 91.0 cm³/mol. The first-order valence-electron chi connectivity index (χ1n) is 7.60. The molecule has 3 nitrogen and oxygen atoms in total. The minimum atomic E-state index is 0.438. The fourth-order valence-corrected chi connectivity index (χ4v) is 3.48. The van der Waals surface area contributed by atoms with E-state index in [1.165, 1.54) is 16.3 Å². The molecule has 0 amide bonds. The van der Waals surface area contributed by atoms with Crippen LogP contribution in [0.1, 0.15) is 24.7 Å². The van der Waals surface area contributed by atoms with Crippen molar-refractivity contribution in [2.45, 2.75) is 44.2 Å². The van der Waals surface area contributed by atoms with E-state index >= 15 is 0 Å². The van der Waals surface area contributed by atoms with Crippen LogP contribution in [-0.4, -0.2) is 28.4 Å². The third-order valence-corrected chi connectivity index (χ3v) is 4.98. The summed E-state index contributed by atoms with van der Waals surface area (Å²) >= 11 is 1.92. The Morgan fingerprint density at radius 3 is 2.86 bits per heavy atom. The van der Waals surface area contributed by atoms with E-state index in [9.17, 15) is 0 Å². The van der Waals surface area contributed by atoms with Gasteiger partial charge in [0.25, 0.3) is 0 Å². The number of hydrogen-bond donors (Lipinski definition) is 1. The van der Waals surface area contributed by atoms with E-state index in [0.717, 1.165) is 25.1 Å². The fourth-order valence-electron chi connectivity index (χ4n) is 2.35. The molecule has 0 saturated carbocycles. The molecule has 114 valence electrons. The minimum absolute atomic E-state index is 0.438. The van der Waals surface area contributed by atoms with Gasteiger partial charge in [-0.25, -0.2) is 4.98 Å². The van der Waals surface area contributed by atoms with E-state index in [2.05, 4.69) is 59.2 Å². The molecule has 0 radical (unpaired) electrons. The number of rotatable bonds is 8. The van der Waals surface area contributed by atoms with Gasteiger partial charge in [0, 0.05) is 42.0 Å². The Hall–Kier alpha value is -1.26. The molecule has 1 unspecified atom stereocenters. The van der Waals surface area contributed by atoms with E-state index in [1.807, 2.05) is 25.0 Å². The first kappa shape index (κ1) is 16.1. The average molecular weight is 303 g/mol. The molecule has 4 heteroatoms. The van der Waals surface area contributed by atoms with Crippen molar-refractivity contribution in [1.29, 1.82) is 0 Å². The van der Waals surface area contributed by atoms with Gasteiger partial charge in [-0.05, 0) is 32.0 Å². The first-order valence-corrected chi connectivity index (χ1v) is 8.58. The summed E-state index contributed by atoms with van der Waals surface area (Å²) in [6.45, 7) is 5.43. The van der Waals surface area contributed by atoms with Crippen molar-refractivity contribution in [3.63, 3.8) is 0 Å². The zero-order valence-corrected chi connectivity index (χ0v) is 14.0. The average Bonchev–Trinajstić information content (AvgIpc) is 2.92. The summed E-state index contributed by atoms with van der Waals surface area (Å²) in [5.74, 6) is 2.24. The Kier molecular flexibility index (Phi) is 6.33. The smallest absolute Gasteiger partial charge is 0.110 e. The lowest BCUT2D eigenvalue weighted by molar-refractivity contribution is 0.560. The summed E-state index contributed by atoms with van der Waals surface area (Å²) in [5.41, 5.74) is 1.35. The highest BCUT2D eigenvalue weighted by atomic mass is 32.2. The molecule has 2 aromatic rings. The van der Waals surface area contributed by atoms with Crippen molar-refractivity contribution in [2.24, 2.45) is 0 Å². The molecule has 1 heterocycles. The Balaban J connectivity index is 1.94. The highest BCUT2D eigenvalue weighted by molar-refractivity contribution is 7.99. The molecule has 0 spiro atoms. The minimum Gasteiger partial charge on any atom is -0.335 e. The lowest BCUT2D eigenvalue weighted by Crippen LogP contribution is -2.31. The van der Waals surface area contributed by atoms with Gasteiger partial charge in [0.15, 0.2) is 0 Å². The van der Waals surface area contributed by atoms with Gasteiger partial charge in [-0.3, -0.25) is 0 Å². The summed E-state index contributed by atoms with van der Waals surface area (Å²) < 4.78 is 2.27. The van der Waals surface area contributed by atoms with Crippen molar-refractivity contribution in [2.75, 3.05) is 12.8 Å². The van der Waals surface area contributed by atoms with Gasteiger partial charge < -0.3 is 9.88 Å². The van der Waals surface area contributed by atoms with Crippen LogP contribution in [0.15, 0.2) is 41.6 Å². The van der Waals surface area contributed by atoms with Crippen LogP contribution in [0.25, 0.3) is 0 Å². The number of imidazole rings is 1. The SMILES string of the molecule is CCCn1ccnc1CC(CSc1ccccc1C)NC. The number of benzene rings is 1. The highest BCUT2D eigenvalue weighted by Crippen LogP contribution is 2.23. The highest BCUT2D eigenvalue weighted by Gasteiger charge is 2.12. The van der Waals surface area contributed by atoms with Crippen molar-refractivity contribution < 1.29 is 0 Å². The Labute approximate surface area is 132 Å². The maximum Gasteiger partial charge on any atom is 0.110 e. The van der Waals surface area contributed by atoms with Crippen molar-refractivity contribution in [3.05, 3.63) is 48.0 Å². The summed E-state index contributed by atoms with van der Waals surface area (Å²) in [6, 6.07) is 9.01. The van der Waals surface area contributed by atoms with Gasteiger partial charge in [-0.2, -0.15) is 0 Å². The molecular weight excluding hydrogens is 278 g/mol. The molecule has 0 fully saturated rings. The predicted octanol–water partition coefficient (Wildman–Crippen LogP) is 3.52. The third kappa shape index (κ3) is 4.61. The summed E-state index contributed by atoms with van der Waals surface area (Å²) in [4.78, 5) is 5.88. The number of thioether (sulfide) groups is 1. The first-order chi connectivity index (χ1) is 10.2. The number of hydrogen-bond acceptors (Lipinski definition) is 3. The van der Waals surface area contributed by atoms with Gasteiger partial charge in [0.2, 0.25) is 0 Å². The van der Waals surface area contributed by atoms with Gasteiger partial charge in [-0.1, -0.05) is 25.1 Å². The Morgan fingerprint density at radius 2 is 2.14 bits per heavy atom. The van der Waals surface area contributed by atoms with E-state index in [-0.39, 0.29) is 0 Å². The van der Waals surface area contributed by atoms with Crippen LogP contribution in [0.3, 0.4) is 0 Å². The zero-order valence-electron chi connectivity index (χ0n) is 13.2. The number of aryl methyl sites for hydroxylation is 2. The van der Waals surface area contributed by atoms with E-state index in [0.29, 0.717) is 6.04 Å². The molecule has 1 aromatic heterocycles. The van der Waals surface area contributed by atoms with E-state index in [4.69, 9.17) is 0 Å². The lowest BCUT2D eigenvalue weighted by Gasteiger charge is -2.17. The van der Waals surface area contributed by atoms with Gasteiger partial charge in [0.1, 0.15) is 5.82 Å². The number of aromatic nitrogens is 2. The second-order valence-electron chi connectivity index (χ2n) is 5.30. The summed E-state index contributed by atoms with van der Waals surface area (Å²) in [5, 5.41) is 3.43. The van der Waals surface area contributed by atoms with Crippen molar-refractivity contribution >= 4 is 11.8 Å². The van der Waals surface area contributed by atoms with E-state index in [1.54, 1.807) is 0 Å². The molecule has 1 atom stereocenters. The van der Waals surface area contributed by atoms with Crippen molar-refractivity contribution in [1.82, 2.24) is 14.9 Å². The molecule has 0 bridgehead atoms. The maximum atomic E-state index is 4.51. The van der Waals surface area contributed by atoms with Crippen LogP contribution in [0.4, 0.5) is 0 Å². The molecule has 1 N–H and O–H groups in total. The van der Waals surface area contributed by atoms with Crippen molar-refractivity contribution in [3.8, 4) is 0 Å². The fraction of sp³-hybridized carbons (Fsp3) is 0.471. The zero-order chi connectivity index (χ0) is 15.1. The van der Waals surface area contributed by atoms with Crippen LogP contribution >= 0.6 is 11.8 Å². The lowest BCUT2D eigenvalue weighted by atomic mass is 10.2. The molecule has 0 aliphatic heterocycles. The van der Waals surface area contributed by atoms with Crippen LogP contribution in [0.2, 0.25) is 0 Å². The monoisotopic (exact) mass is 303 g/mol. The summed E-state index contributed by atoms with van der Waals surface area (Å²) in [7, 11) is 2.04. The van der Waals surface area contributed by atoms with E-state index < -0.39 is 0 Å². The number of likely N-dealkylation sites (N-methyl/N-ethyl adjacent to an activating group) is 1. The van der Waals surface area contributed by atoms with Gasteiger partial charge in [0.05, 0.1) is 0 Å². The second kappa shape index (κ2) is 8.25. The number of nitrogens with zero attached hydrogens (tertiary/aromatic N) is 2. The standard InChI is InChI=1S/C17H25N3S/c1-4-10-20-11-9-19-17(20)12-15(18-3)13-21-16-8-6-5-7-14(16)2/h5-9,11,15,18H,4,10,12-13H2,1-3H3. The largest absolute Gasteiger partial charge is 0.335 e. The van der Waals surface area contributed by atoms with Crippen LogP contribution < -0.4 is 5.32 Å². The van der Waals surface area contributed by atoms with Gasteiger partial charge in [-0.15, -0.1) is 11.8 Å². The summed E-state index contributed by atoms with van der Waals surface area (Å²) in [6.07, 6.45) is 6.11. The van der Waals surface area contributed by atoms with Gasteiger partial charge >= 0.3 is 0 Å². The molecular formula is C17H25N3S. The van der Waals surface area contributed by atoms with Crippen LogP contribution in [0, 0.1) is 6.92 Å².